The van der Waals surface area contributed by atoms with Crippen LogP contribution in [0.15, 0.2) is 119 Å². The Hall–Kier alpha value is -7.60. The molecule has 8 rings (SSSR count). The number of benzene rings is 4. The van der Waals surface area contributed by atoms with Crippen molar-refractivity contribution < 1.29 is 72.5 Å². The molecule has 4 heterocycles. The molecule has 0 spiro atoms. The summed E-state index contributed by atoms with van der Waals surface area (Å²) >= 11 is 1.94. The highest BCUT2D eigenvalue weighted by molar-refractivity contribution is 8.04. The minimum absolute atomic E-state index is 0.00515. The van der Waals surface area contributed by atoms with E-state index in [0.717, 1.165) is 33.3 Å². The molecule has 0 saturated carbocycles. The number of ether oxygens (including phenoxy) is 5. The topological polar surface area (TPSA) is 282 Å². The second-order valence-corrected chi connectivity index (χ2v) is 17.4. The highest BCUT2D eigenvalue weighted by Gasteiger charge is 2.60. The van der Waals surface area contributed by atoms with Crippen LogP contribution in [0.25, 0.3) is 0 Å². The summed E-state index contributed by atoms with van der Waals surface area (Å²) in [5.41, 5.74) is -0.321. The number of nitrogens with zero attached hydrogens (tertiary/aromatic N) is 4. The molecule has 23 heteroatoms. The van der Waals surface area contributed by atoms with E-state index in [4.69, 9.17) is 23.7 Å². The van der Waals surface area contributed by atoms with Gasteiger partial charge in [-0.25, -0.2) is 19.2 Å². The van der Waals surface area contributed by atoms with Crippen LogP contribution in [0.2, 0.25) is 0 Å². The van der Waals surface area contributed by atoms with E-state index in [1.54, 1.807) is 0 Å². The fourth-order valence-corrected chi connectivity index (χ4v) is 10.2. The van der Waals surface area contributed by atoms with Crippen molar-refractivity contribution in [3.63, 3.8) is 0 Å². The maximum Gasteiger partial charge on any atom is 0.359 e. The van der Waals surface area contributed by atoms with E-state index in [9.17, 15) is 59.2 Å². The molecule has 2 fully saturated rings. The number of amides is 2. The lowest BCUT2D eigenvalue weighted by atomic mass is 9.92. The fourth-order valence-electron chi connectivity index (χ4n) is 7.28. The molecule has 0 aromatic heterocycles. The molecule has 21 nitrogen and oxygen atoms in total. The molecule has 6 atom stereocenters. The smallest absolute Gasteiger partial charge is 0.359 e. The van der Waals surface area contributed by atoms with Crippen LogP contribution in [0.1, 0.15) is 45.7 Å². The van der Waals surface area contributed by atoms with E-state index in [1.165, 1.54) is 111 Å². The van der Waals surface area contributed by atoms with E-state index < -0.39 is 80.3 Å². The van der Waals surface area contributed by atoms with Crippen LogP contribution in [0.3, 0.4) is 0 Å². The molecule has 4 aromatic carbocycles. The number of hydrogen-bond acceptors (Lipinski definition) is 19. The van der Waals surface area contributed by atoms with Gasteiger partial charge in [-0.15, -0.1) is 0 Å². The molecule has 0 bridgehead atoms. The summed E-state index contributed by atoms with van der Waals surface area (Å²) in [6.45, 7) is 2.25. The summed E-state index contributed by atoms with van der Waals surface area (Å²) in [5, 5.41) is 41.0. The van der Waals surface area contributed by atoms with Gasteiger partial charge in [0.25, 0.3) is 11.4 Å². The molecule has 2 saturated heterocycles. The summed E-state index contributed by atoms with van der Waals surface area (Å²) in [7, 11) is 0. The number of aliphatic hydroxyl groups is 2. The zero-order valence-corrected chi connectivity index (χ0v) is 36.4. The summed E-state index contributed by atoms with van der Waals surface area (Å²) < 4.78 is 28.1. The van der Waals surface area contributed by atoms with Gasteiger partial charge < -0.3 is 33.9 Å². The molecule has 67 heavy (non-hydrogen) atoms. The second kappa shape index (κ2) is 18.7. The first-order valence-corrected chi connectivity index (χ1v) is 21.7. The number of thioether (sulfide) groups is 2. The van der Waals surface area contributed by atoms with Gasteiger partial charge >= 0.3 is 23.9 Å². The van der Waals surface area contributed by atoms with Crippen LogP contribution in [0.4, 0.5) is 11.4 Å². The Bertz CT molecular complexity index is 2620. The molecule has 3 unspecified atom stereocenters. The second-order valence-electron chi connectivity index (χ2n) is 15.2. The summed E-state index contributed by atoms with van der Waals surface area (Å²) in [4.78, 5) is 103. The lowest BCUT2D eigenvalue weighted by Gasteiger charge is -2.43. The molecular weight excluding hydrogens is 921 g/mol. The van der Waals surface area contributed by atoms with Gasteiger partial charge in [-0.1, -0.05) is 35.7 Å². The average Bonchev–Trinajstić information content (AvgIpc) is 3.79. The van der Waals surface area contributed by atoms with Gasteiger partial charge in [-0.05, 0) is 85.6 Å². The Balaban J connectivity index is 0.953. The summed E-state index contributed by atoms with van der Waals surface area (Å²) in [6.07, 6.45) is -2.13. The molecule has 2 amide bonds. The zero-order valence-electron chi connectivity index (χ0n) is 34.7. The third kappa shape index (κ3) is 9.16. The maximum atomic E-state index is 13.5. The molecule has 344 valence electrons. The van der Waals surface area contributed by atoms with Gasteiger partial charge in [0.2, 0.25) is 11.8 Å². The number of carbonyl (C=O) groups excluding carboxylic acids is 6. The molecule has 2 N–H and O–H groups in total. The van der Waals surface area contributed by atoms with Crippen molar-refractivity contribution in [2.75, 3.05) is 0 Å². The predicted octanol–water partition coefficient (Wildman–Crippen LogP) is 4.91. The van der Waals surface area contributed by atoms with Gasteiger partial charge in [0.15, 0.2) is 21.6 Å². The third-order valence-corrected chi connectivity index (χ3v) is 13.2. The van der Waals surface area contributed by atoms with Crippen molar-refractivity contribution in [1.82, 2.24) is 9.80 Å². The van der Waals surface area contributed by atoms with Gasteiger partial charge in [-0.2, -0.15) is 0 Å². The highest BCUT2D eigenvalue weighted by atomic mass is 32.2. The lowest BCUT2D eigenvalue weighted by Crippen LogP contribution is -2.60. The van der Waals surface area contributed by atoms with E-state index >= 15 is 0 Å². The van der Waals surface area contributed by atoms with E-state index in [1.807, 2.05) is 0 Å². The molecule has 0 radical (unpaired) electrons. The van der Waals surface area contributed by atoms with Crippen molar-refractivity contribution in [2.45, 2.75) is 50.0 Å². The monoisotopic (exact) mass is 954 g/mol. The Morgan fingerprint density at radius 3 is 1.33 bits per heavy atom. The van der Waals surface area contributed by atoms with Gasteiger partial charge in [0, 0.05) is 24.3 Å². The third-order valence-electron chi connectivity index (χ3n) is 10.7. The Labute approximate surface area is 386 Å². The standard InChI is InChI=1S/C44H34N4O17S2/c1-21(49)31-35(51)45-33(41(55)61-19-23-9-13-27(14-10-23)47(57)58)43(66-37(31)45)63-29-7-3-5-25(17-29)39(53)65-40(54)26-6-4-8-30(18-26)64-44-34(46-36(52)32(22(2)50)38(46)67-44)42(56)62-20-24-11-15-28(16-12-24)48(59)60/h3-18,21-22,31-32,37-38,49-50H,19-20H2,1-2H3/t21-,22?,31+,32?,37-,38?/m1/s1. The molecule has 4 aliphatic heterocycles. The van der Waals surface area contributed by atoms with Gasteiger partial charge in [0.05, 0.1) is 45.0 Å². The zero-order chi connectivity index (χ0) is 47.8. The quantitative estimate of drug-likeness (QED) is 0.0377. The summed E-state index contributed by atoms with van der Waals surface area (Å²) in [5.74, 6) is -6.99. The number of hydrogen-bond donors (Lipinski definition) is 2. The van der Waals surface area contributed by atoms with Crippen LogP contribution in [-0.4, -0.2) is 88.5 Å². The van der Waals surface area contributed by atoms with Crippen LogP contribution in [-0.2, 0) is 46.6 Å². The number of rotatable bonds is 16. The number of aliphatic hydroxyl groups excluding tert-OH is 2. The SMILES string of the molecule is CC(O)C1C(=O)N2C(C(=O)OCc3ccc([N+](=O)[O-])cc3)=C(Oc3cccc(C(=O)OC(=O)c4cccc(OC5=C(C(=O)OCc6ccc([N+](=O)[O-])cc6)N6C(=O)[C@H]([C@@H](C)O)[C@H]6S5)c4)c3)SC12. The first kappa shape index (κ1) is 45.9. The van der Waals surface area contributed by atoms with Gasteiger partial charge in [0.1, 0.15) is 35.5 Å². The van der Waals surface area contributed by atoms with Crippen molar-refractivity contribution in [1.29, 1.82) is 0 Å². The fraction of sp³-hybridized carbons (Fsp3) is 0.227. The minimum atomic E-state index is -1.11. The summed E-state index contributed by atoms with van der Waals surface area (Å²) in [6, 6.07) is 21.4. The van der Waals surface area contributed by atoms with Crippen molar-refractivity contribution in [2.24, 2.45) is 11.8 Å². The minimum Gasteiger partial charge on any atom is -0.456 e. The van der Waals surface area contributed by atoms with Crippen molar-refractivity contribution in [3.05, 3.63) is 161 Å². The predicted molar refractivity (Wildman–Crippen MR) is 231 cm³/mol. The first-order valence-electron chi connectivity index (χ1n) is 20.0. The van der Waals surface area contributed by atoms with E-state index in [-0.39, 0.29) is 68.8 Å². The van der Waals surface area contributed by atoms with Crippen LogP contribution < -0.4 is 9.47 Å². The maximum absolute atomic E-state index is 13.5. The van der Waals surface area contributed by atoms with Crippen molar-refractivity contribution >= 4 is 70.6 Å². The number of β-lactam (4-membered cyclic amide) rings is 2. The number of nitro groups is 2. The molecule has 4 aliphatic rings. The largest absolute Gasteiger partial charge is 0.456 e. The van der Waals surface area contributed by atoms with Crippen LogP contribution in [0, 0.1) is 32.1 Å². The Morgan fingerprint density at radius 2 is 0.985 bits per heavy atom. The highest BCUT2D eigenvalue weighted by Crippen LogP contribution is 2.52. The first-order chi connectivity index (χ1) is 32.0. The lowest BCUT2D eigenvalue weighted by molar-refractivity contribution is -0.385. The number of non-ortho nitro benzene ring substituents is 2. The number of nitro benzene ring substituents is 2. The number of carbonyl (C=O) groups is 6. The normalized spacial score (nSPS) is 20.2. The van der Waals surface area contributed by atoms with Crippen molar-refractivity contribution in [3.8, 4) is 11.5 Å². The Morgan fingerprint density at radius 1 is 0.612 bits per heavy atom. The average molecular weight is 955 g/mol. The molecule has 4 aromatic rings. The van der Waals surface area contributed by atoms with E-state index in [2.05, 4.69) is 0 Å². The number of fused-ring (bicyclic) bond motifs is 2. The van der Waals surface area contributed by atoms with Gasteiger partial charge in [-0.3, -0.25) is 39.6 Å². The Kier molecular flexibility index (Phi) is 12.8. The molecule has 0 aliphatic carbocycles. The number of esters is 4. The van der Waals surface area contributed by atoms with E-state index in [0.29, 0.717) is 11.1 Å². The van der Waals surface area contributed by atoms with Crippen LogP contribution >= 0.6 is 23.5 Å². The van der Waals surface area contributed by atoms with Crippen LogP contribution in [0.5, 0.6) is 11.5 Å². The molecular formula is C44H34N4O17S2.